The first kappa shape index (κ1) is 12.6. The van der Waals surface area contributed by atoms with Gasteiger partial charge in [0.25, 0.3) is 0 Å². The second kappa shape index (κ2) is 5.07. The molecule has 0 saturated carbocycles. The van der Waals surface area contributed by atoms with Gasteiger partial charge >= 0.3 is 5.97 Å². The highest BCUT2D eigenvalue weighted by molar-refractivity contribution is 9.10. The Labute approximate surface area is 99.2 Å². The molecule has 0 saturated heterocycles. The van der Waals surface area contributed by atoms with Crippen LogP contribution in [-0.2, 0) is 4.79 Å². The van der Waals surface area contributed by atoms with Crippen molar-refractivity contribution < 1.29 is 23.8 Å². The number of carbonyl (C=O) groups excluding carboxylic acids is 1. The molecule has 1 rings (SSSR count). The van der Waals surface area contributed by atoms with Gasteiger partial charge in [0.1, 0.15) is 0 Å². The van der Waals surface area contributed by atoms with Gasteiger partial charge in [-0.2, -0.15) is 0 Å². The van der Waals surface area contributed by atoms with Crippen LogP contribution < -0.4 is 4.74 Å². The van der Waals surface area contributed by atoms with Crippen LogP contribution in [0.15, 0.2) is 16.6 Å². The zero-order valence-corrected chi connectivity index (χ0v) is 9.88. The summed E-state index contributed by atoms with van der Waals surface area (Å²) in [5.41, 5.74) is 0.00752. The third-order valence-electron chi connectivity index (χ3n) is 1.73. The van der Waals surface area contributed by atoms with Gasteiger partial charge in [-0.05, 0) is 19.1 Å². The van der Waals surface area contributed by atoms with Gasteiger partial charge in [0.05, 0.1) is 5.56 Å². The summed E-state index contributed by atoms with van der Waals surface area (Å²) in [6.07, 6.45) is 0. The number of benzene rings is 1. The highest BCUT2D eigenvalue weighted by Gasteiger charge is 2.16. The first-order valence-electron chi connectivity index (χ1n) is 4.26. The molecule has 0 atom stereocenters. The number of carbonyl (C=O) groups is 2. The molecule has 0 bridgehead atoms. The Bertz CT molecular complexity index is 445. The van der Waals surface area contributed by atoms with Crippen molar-refractivity contribution >= 4 is 27.7 Å². The van der Waals surface area contributed by atoms with Gasteiger partial charge in [-0.25, -0.2) is 9.18 Å². The van der Waals surface area contributed by atoms with Crippen LogP contribution in [0, 0.1) is 5.82 Å². The summed E-state index contributed by atoms with van der Waals surface area (Å²) in [4.78, 5) is 21.5. The van der Waals surface area contributed by atoms with Gasteiger partial charge < -0.3 is 9.84 Å². The second-order valence-corrected chi connectivity index (χ2v) is 3.92. The van der Waals surface area contributed by atoms with Crippen LogP contribution in [0.25, 0.3) is 0 Å². The number of hydrogen-bond donors (Lipinski definition) is 1. The molecule has 0 aliphatic carbocycles. The summed E-state index contributed by atoms with van der Waals surface area (Å²) >= 11 is 3.03. The fraction of sp³-hybridized carbons (Fsp3) is 0.200. The third-order valence-corrected chi connectivity index (χ3v) is 2.19. The molecule has 0 aromatic heterocycles. The molecule has 0 fully saturated rings. The first-order valence-corrected chi connectivity index (χ1v) is 5.05. The zero-order chi connectivity index (χ0) is 12.3. The number of ketones is 1. The van der Waals surface area contributed by atoms with E-state index in [0.29, 0.717) is 4.47 Å². The van der Waals surface area contributed by atoms with E-state index in [-0.39, 0.29) is 11.3 Å². The SMILES string of the molecule is CC(=O)c1cc(Br)cc(F)c1OCC(=O)O. The number of rotatable bonds is 4. The van der Waals surface area contributed by atoms with E-state index >= 15 is 0 Å². The lowest BCUT2D eigenvalue weighted by molar-refractivity contribution is -0.139. The van der Waals surface area contributed by atoms with Crippen molar-refractivity contribution in [1.29, 1.82) is 0 Å². The maximum Gasteiger partial charge on any atom is 0.341 e. The van der Waals surface area contributed by atoms with E-state index < -0.39 is 24.2 Å². The topological polar surface area (TPSA) is 63.6 Å². The predicted octanol–water partition coefficient (Wildman–Crippen LogP) is 2.25. The molecule has 6 heteroatoms. The minimum absolute atomic E-state index is 0.00752. The van der Waals surface area contributed by atoms with Crippen molar-refractivity contribution in [3.63, 3.8) is 0 Å². The second-order valence-electron chi connectivity index (χ2n) is 3.00. The Kier molecular flexibility index (Phi) is 4.00. The summed E-state index contributed by atoms with van der Waals surface area (Å²) < 4.78 is 18.5. The van der Waals surface area contributed by atoms with Crippen LogP contribution in [0.4, 0.5) is 4.39 Å². The number of carboxylic acid groups (broad SMARTS) is 1. The zero-order valence-electron chi connectivity index (χ0n) is 8.29. The maximum absolute atomic E-state index is 13.4. The number of hydrogen-bond acceptors (Lipinski definition) is 3. The number of Topliss-reactive ketones (excluding diaryl/α,β-unsaturated/α-hetero) is 1. The quantitative estimate of drug-likeness (QED) is 0.864. The summed E-state index contributed by atoms with van der Waals surface area (Å²) in [6.45, 7) is 0.549. The first-order chi connectivity index (χ1) is 7.41. The molecule has 0 aliphatic heterocycles. The summed E-state index contributed by atoms with van der Waals surface area (Å²) in [5.74, 6) is -2.75. The highest BCUT2D eigenvalue weighted by Crippen LogP contribution is 2.27. The fourth-order valence-corrected chi connectivity index (χ4v) is 1.53. The Morgan fingerprint density at radius 2 is 2.12 bits per heavy atom. The average molecular weight is 291 g/mol. The molecule has 1 aromatic rings. The molecule has 16 heavy (non-hydrogen) atoms. The Morgan fingerprint density at radius 3 is 2.62 bits per heavy atom. The van der Waals surface area contributed by atoms with Crippen LogP contribution in [-0.4, -0.2) is 23.5 Å². The van der Waals surface area contributed by atoms with E-state index in [4.69, 9.17) is 9.84 Å². The molecule has 0 spiro atoms. The van der Waals surface area contributed by atoms with Crippen molar-refractivity contribution in [2.24, 2.45) is 0 Å². The van der Waals surface area contributed by atoms with Crippen molar-refractivity contribution in [3.05, 3.63) is 28.0 Å². The minimum Gasteiger partial charge on any atom is -0.479 e. The standard InChI is InChI=1S/C10H8BrFO4/c1-5(13)7-2-6(11)3-8(12)10(7)16-4-9(14)15/h2-3H,4H2,1H3,(H,14,15). The number of ether oxygens (including phenoxy) is 1. The number of aliphatic carboxylic acids is 1. The molecule has 1 N–H and O–H groups in total. The van der Waals surface area contributed by atoms with Gasteiger partial charge in [-0.3, -0.25) is 4.79 Å². The Morgan fingerprint density at radius 1 is 1.50 bits per heavy atom. The molecule has 0 amide bonds. The van der Waals surface area contributed by atoms with E-state index in [1.807, 2.05) is 0 Å². The molecular formula is C10H8BrFO4. The van der Waals surface area contributed by atoms with Crippen molar-refractivity contribution in [2.45, 2.75) is 6.92 Å². The molecule has 0 heterocycles. The molecule has 4 nitrogen and oxygen atoms in total. The Balaban J connectivity index is 3.14. The van der Waals surface area contributed by atoms with Crippen LogP contribution in [0.5, 0.6) is 5.75 Å². The van der Waals surface area contributed by atoms with E-state index in [0.717, 1.165) is 6.07 Å². The van der Waals surface area contributed by atoms with Gasteiger partial charge in [0, 0.05) is 4.47 Å². The highest BCUT2D eigenvalue weighted by atomic mass is 79.9. The summed E-state index contributed by atoms with van der Waals surface area (Å²) in [6, 6.07) is 2.48. The Hall–Kier alpha value is -1.43. The lowest BCUT2D eigenvalue weighted by Crippen LogP contribution is -2.12. The van der Waals surface area contributed by atoms with Gasteiger partial charge in [-0.15, -0.1) is 0 Å². The van der Waals surface area contributed by atoms with Crippen LogP contribution in [0.1, 0.15) is 17.3 Å². The molecular weight excluding hydrogens is 283 g/mol. The van der Waals surface area contributed by atoms with Crippen LogP contribution in [0.3, 0.4) is 0 Å². The van der Waals surface area contributed by atoms with E-state index in [1.165, 1.54) is 13.0 Å². The molecule has 0 aliphatic rings. The predicted molar refractivity (Wildman–Crippen MR) is 57.2 cm³/mol. The molecule has 0 radical (unpaired) electrons. The molecule has 86 valence electrons. The number of carboxylic acids is 1. The van der Waals surface area contributed by atoms with E-state index in [1.54, 1.807) is 0 Å². The summed E-state index contributed by atoms with van der Waals surface area (Å²) in [5, 5.41) is 8.41. The van der Waals surface area contributed by atoms with Gasteiger partial charge in [0.15, 0.2) is 24.0 Å². The average Bonchev–Trinajstić information content (AvgIpc) is 2.14. The van der Waals surface area contributed by atoms with Gasteiger partial charge in [0.2, 0.25) is 0 Å². The van der Waals surface area contributed by atoms with Crippen LogP contribution in [0.2, 0.25) is 0 Å². The van der Waals surface area contributed by atoms with Crippen molar-refractivity contribution in [2.75, 3.05) is 6.61 Å². The number of halogens is 2. The largest absolute Gasteiger partial charge is 0.479 e. The van der Waals surface area contributed by atoms with Gasteiger partial charge in [-0.1, -0.05) is 15.9 Å². The van der Waals surface area contributed by atoms with Crippen molar-refractivity contribution in [3.8, 4) is 5.75 Å². The fourth-order valence-electron chi connectivity index (χ4n) is 1.10. The lowest BCUT2D eigenvalue weighted by atomic mass is 10.1. The minimum atomic E-state index is -1.24. The van der Waals surface area contributed by atoms with Crippen LogP contribution >= 0.6 is 15.9 Å². The monoisotopic (exact) mass is 290 g/mol. The van der Waals surface area contributed by atoms with Crippen molar-refractivity contribution in [1.82, 2.24) is 0 Å². The van der Waals surface area contributed by atoms with E-state index in [2.05, 4.69) is 15.9 Å². The third kappa shape index (κ3) is 3.03. The normalized spacial score (nSPS) is 9.94. The smallest absolute Gasteiger partial charge is 0.341 e. The summed E-state index contributed by atoms with van der Waals surface area (Å²) in [7, 11) is 0. The maximum atomic E-state index is 13.4. The molecule has 1 aromatic carbocycles. The van der Waals surface area contributed by atoms with E-state index in [9.17, 15) is 14.0 Å². The molecule has 0 unspecified atom stereocenters. The lowest BCUT2D eigenvalue weighted by Gasteiger charge is -2.09.